The van der Waals surface area contributed by atoms with E-state index in [0.29, 0.717) is 16.9 Å². The summed E-state index contributed by atoms with van der Waals surface area (Å²) in [6.45, 7) is 1.84. The maximum Gasteiger partial charge on any atom is 0.411 e. The van der Waals surface area contributed by atoms with Gasteiger partial charge in [0.05, 0.1) is 30.3 Å². The van der Waals surface area contributed by atoms with Crippen molar-refractivity contribution in [3.8, 4) is 5.69 Å². The first kappa shape index (κ1) is 18.7. The third-order valence-electron chi connectivity index (χ3n) is 3.90. The highest BCUT2D eigenvalue weighted by Gasteiger charge is 2.15. The zero-order valence-corrected chi connectivity index (χ0v) is 16.3. The summed E-state index contributed by atoms with van der Waals surface area (Å²) in [5, 5.41) is 9.69. The van der Waals surface area contributed by atoms with Crippen LogP contribution in [-0.2, 0) is 4.74 Å². The Kier molecular flexibility index (Phi) is 5.56. The van der Waals surface area contributed by atoms with Gasteiger partial charge in [0.25, 0.3) is 5.91 Å². The van der Waals surface area contributed by atoms with E-state index in [1.54, 1.807) is 35.1 Å². The molecule has 1 aromatic heterocycles. The van der Waals surface area contributed by atoms with E-state index in [4.69, 9.17) is 0 Å². The van der Waals surface area contributed by atoms with Crippen molar-refractivity contribution < 1.29 is 14.3 Å². The summed E-state index contributed by atoms with van der Waals surface area (Å²) in [6, 6.07) is 14.4. The third-order valence-corrected chi connectivity index (χ3v) is 4.43. The third kappa shape index (κ3) is 4.35. The highest BCUT2D eigenvalue weighted by molar-refractivity contribution is 9.10. The standard InChI is InChI=1S/C19H17BrN4O3/c1-12-17(11-21-24(12)16-9-3-13(20)4-10-16)18(25)22-14-5-7-15(8-6-14)23-19(26)27-2/h3-11H,1-2H3,(H,22,25)(H,23,26). The van der Waals surface area contributed by atoms with Crippen LogP contribution in [0, 0.1) is 6.92 Å². The maximum absolute atomic E-state index is 12.6. The molecule has 0 unspecified atom stereocenters. The monoisotopic (exact) mass is 428 g/mol. The molecule has 1 heterocycles. The summed E-state index contributed by atoms with van der Waals surface area (Å²) in [7, 11) is 1.29. The summed E-state index contributed by atoms with van der Waals surface area (Å²) in [6.07, 6.45) is 0.989. The molecule has 2 amide bonds. The molecule has 0 fully saturated rings. The molecule has 2 aromatic carbocycles. The van der Waals surface area contributed by atoms with Gasteiger partial charge >= 0.3 is 6.09 Å². The Morgan fingerprint density at radius 1 is 1.00 bits per heavy atom. The smallest absolute Gasteiger partial charge is 0.411 e. The number of halogens is 1. The second-order valence-electron chi connectivity index (χ2n) is 5.68. The molecule has 8 heteroatoms. The quantitative estimate of drug-likeness (QED) is 0.645. The van der Waals surface area contributed by atoms with Gasteiger partial charge in [-0.3, -0.25) is 10.1 Å². The number of nitrogens with one attached hydrogen (secondary N) is 2. The minimum Gasteiger partial charge on any atom is -0.453 e. The molecule has 0 radical (unpaired) electrons. The molecule has 0 saturated carbocycles. The van der Waals surface area contributed by atoms with Gasteiger partial charge < -0.3 is 10.1 Å². The SMILES string of the molecule is COC(=O)Nc1ccc(NC(=O)c2cnn(-c3ccc(Br)cc3)c2C)cc1. The van der Waals surface area contributed by atoms with Crippen molar-refractivity contribution in [3.63, 3.8) is 0 Å². The molecule has 3 aromatic rings. The molecular formula is C19H17BrN4O3. The second-order valence-corrected chi connectivity index (χ2v) is 6.60. The van der Waals surface area contributed by atoms with E-state index in [-0.39, 0.29) is 5.91 Å². The summed E-state index contributed by atoms with van der Waals surface area (Å²) >= 11 is 3.40. The van der Waals surface area contributed by atoms with Crippen molar-refractivity contribution in [2.45, 2.75) is 6.92 Å². The lowest BCUT2D eigenvalue weighted by molar-refractivity contribution is 0.102. The van der Waals surface area contributed by atoms with E-state index in [1.807, 2.05) is 31.2 Å². The molecular weight excluding hydrogens is 412 g/mol. The summed E-state index contributed by atoms with van der Waals surface area (Å²) in [5.41, 5.74) is 3.26. The van der Waals surface area contributed by atoms with Crippen molar-refractivity contribution >= 4 is 39.3 Å². The van der Waals surface area contributed by atoms with E-state index in [2.05, 4.69) is 36.4 Å². The lowest BCUT2D eigenvalue weighted by Crippen LogP contribution is -2.13. The Bertz CT molecular complexity index is 966. The van der Waals surface area contributed by atoms with Gasteiger partial charge in [-0.1, -0.05) is 15.9 Å². The highest BCUT2D eigenvalue weighted by atomic mass is 79.9. The molecule has 2 N–H and O–H groups in total. The number of carbonyl (C=O) groups is 2. The Morgan fingerprint density at radius 2 is 1.59 bits per heavy atom. The van der Waals surface area contributed by atoms with Crippen LogP contribution in [0.15, 0.2) is 59.2 Å². The molecule has 3 rings (SSSR count). The minimum atomic E-state index is -0.553. The number of nitrogens with zero attached hydrogens (tertiary/aromatic N) is 2. The Morgan fingerprint density at radius 3 is 2.19 bits per heavy atom. The number of hydrogen-bond donors (Lipinski definition) is 2. The minimum absolute atomic E-state index is 0.260. The number of anilines is 2. The summed E-state index contributed by atoms with van der Waals surface area (Å²) in [5.74, 6) is -0.260. The lowest BCUT2D eigenvalue weighted by atomic mass is 10.2. The largest absolute Gasteiger partial charge is 0.453 e. The zero-order valence-electron chi connectivity index (χ0n) is 14.7. The molecule has 27 heavy (non-hydrogen) atoms. The number of hydrogen-bond acceptors (Lipinski definition) is 4. The average Bonchev–Trinajstić information content (AvgIpc) is 3.05. The van der Waals surface area contributed by atoms with Crippen LogP contribution in [0.1, 0.15) is 16.1 Å². The van der Waals surface area contributed by atoms with Crippen LogP contribution in [0.4, 0.5) is 16.2 Å². The normalized spacial score (nSPS) is 10.3. The van der Waals surface area contributed by atoms with Gasteiger partial charge in [-0.25, -0.2) is 9.48 Å². The van der Waals surface area contributed by atoms with Crippen LogP contribution in [0.25, 0.3) is 5.69 Å². The van der Waals surface area contributed by atoms with Crippen molar-refractivity contribution in [1.82, 2.24) is 9.78 Å². The Labute approximate surface area is 164 Å². The predicted molar refractivity (Wildman–Crippen MR) is 106 cm³/mol. The molecule has 0 aliphatic carbocycles. The fraction of sp³-hybridized carbons (Fsp3) is 0.105. The molecule has 0 aliphatic rings. The van der Waals surface area contributed by atoms with Crippen LogP contribution >= 0.6 is 15.9 Å². The second kappa shape index (κ2) is 8.05. The van der Waals surface area contributed by atoms with Gasteiger partial charge in [0.2, 0.25) is 0 Å². The van der Waals surface area contributed by atoms with E-state index in [0.717, 1.165) is 15.9 Å². The number of rotatable bonds is 4. The van der Waals surface area contributed by atoms with E-state index < -0.39 is 6.09 Å². The van der Waals surface area contributed by atoms with Crippen molar-refractivity contribution in [2.24, 2.45) is 0 Å². The number of benzene rings is 2. The fourth-order valence-electron chi connectivity index (χ4n) is 2.48. The number of ether oxygens (including phenoxy) is 1. The van der Waals surface area contributed by atoms with Gasteiger partial charge in [-0.2, -0.15) is 5.10 Å². The van der Waals surface area contributed by atoms with Crippen LogP contribution in [0.2, 0.25) is 0 Å². The van der Waals surface area contributed by atoms with Gasteiger partial charge in [-0.15, -0.1) is 0 Å². The van der Waals surface area contributed by atoms with Gasteiger partial charge in [0, 0.05) is 15.8 Å². The van der Waals surface area contributed by atoms with E-state index >= 15 is 0 Å². The number of amides is 2. The molecule has 7 nitrogen and oxygen atoms in total. The van der Waals surface area contributed by atoms with Crippen LogP contribution in [0.3, 0.4) is 0 Å². The van der Waals surface area contributed by atoms with E-state index in [1.165, 1.54) is 7.11 Å². The first-order valence-corrected chi connectivity index (χ1v) is 8.84. The number of carbonyl (C=O) groups excluding carboxylic acids is 2. The van der Waals surface area contributed by atoms with Gasteiger partial charge in [0.1, 0.15) is 0 Å². The van der Waals surface area contributed by atoms with Crippen LogP contribution < -0.4 is 10.6 Å². The summed E-state index contributed by atoms with van der Waals surface area (Å²) in [4.78, 5) is 23.8. The Balaban J connectivity index is 1.73. The zero-order chi connectivity index (χ0) is 19.4. The van der Waals surface area contributed by atoms with E-state index in [9.17, 15) is 9.59 Å². The molecule has 0 aliphatic heterocycles. The van der Waals surface area contributed by atoms with Crippen molar-refractivity contribution in [2.75, 3.05) is 17.7 Å². The molecule has 0 spiro atoms. The highest BCUT2D eigenvalue weighted by Crippen LogP contribution is 2.19. The first-order chi connectivity index (χ1) is 13.0. The number of aromatic nitrogens is 2. The van der Waals surface area contributed by atoms with Crippen LogP contribution in [0.5, 0.6) is 0 Å². The average molecular weight is 429 g/mol. The summed E-state index contributed by atoms with van der Waals surface area (Å²) < 4.78 is 7.22. The Hall–Kier alpha value is -3.13. The predicted octanol–water partition coefficient (Wildman–Crippen LogP) is 4.37. The molecule has 138 valence electrons. The topological polar surface area (TPSA) is 85.2 Å². The van der Waals surface area contributed by atoms with Crippen molar-refractivity contribution in [3.05, 3.63) is 70.5 Å². The fourth-order valence-corrected chi connectivity index (χ4v) is 2.74. The number of methoxy groups -OCH3 is 1. The van der Waals surface area contributed by atoms with Gasteiger partial charge in [-0.05, 0) is 55.5 Å². The molecule has 0 atom stereocenters. The first-order valence-electron chi connectivity index (χ1n) is 8.05. The molecule has 0 saturated heterocycles. The lowest BCUT2D eigenvalue weighted by Gasteiger charge is -2.08. The van der Waals surface area contributed by atoms with Gasteiger partial charge in [0.15, 0.2) is 0 Å². The van der Waals surface area contributed by atoms with Crippen molar-refractivity contribution in [1.29, 1.82) is 0 Å². The van der Waals surface area contributed by atoms with Crippen LogP contribution in [-0.4, -0.2) is 28.9 Å². The maximum atomic E-state index is 12.6. The molecule has 0 bridgehead atoms.